The predicted molar refractivity (Wildman–Crippen MR) is 90.6 cm³/mol. The average Bonchev–Trinajstić information content (AvgIpc) is 3.01. The number of carbonyl (C=O) groups excluding carboxylic acids is 1. The Morgan fingerprint density at radius 2 is 2.26 bits per heavy atom. The number of nitrogens with one attached hydrogen (secondary N) is 1. The van der Waals surface area contributed by atoms with Gasteiger partial charge in [-0.15, -0.1) is 11.3 Å². The lowest BCUT2D eigenvalue weighted by molar-refractivity contribution is -0.0292. The third-order valence-electron chi connectivity index (χ3n) is 3.78. The Morgan fingerprint density at radius 3 is 3.00 bits per heavy atom. The Kier molecular flexibility index (Phi) is 5.38. The second-order valence-electron chi connectivity index (χ2n) is 5.72. The zero-order chi connectivity index (χ0) is 16.1. The summed E-state index contributed by atoms with van der Waals surface area (Å²) in [5.74, 6) is -0.119. The van der Waals surface area contributed by atoms with Crippen molar-refractivity contribution in [2.45, 2.75) is 19.6 Å². The number of morpholine rings is 1. The van der Waals surface area contributed by atoms with Crippen LogP contribution >= 0.6 is 11.3 Å². The molecule has 0 saturated carbocycles. The highest BCUT2D eigenvalue weighted by Crippen LogP contribution is 2.11. The van der Waals surface area contributed by atoms with E-state index in [-0.39, 0.29) is 12.0 Å². The van der Waals surface area contributed by atoms with Crippen LogP contribution in [0.3, 0.4) is 0 Å². The molecule has 0 unspecified atom stereocenters. The van der Waals surface area contributed by atoms with Crippen molar-refractivity contribution in [3.05, 3.63) is 52.0 Å². The Morgan fingerprint density at radius 1 is 1.43 bits per heavy atom. The van der Waals surface area contributed by atoms with Crippen LogP contribution in [0.2, 0.25) is 0 Å². The lowest BCUT2D eigenvalue weighted by Gasteiger charge is -2.33. The number of benzene rings is 1. The zero-order valence-corrected chi connectivity index (χ0v) is 14.0. The highest BCUT2D eigenvalue weighted by Gasteiger charge is 2.21. The Hall–Kier alpha value is -1.76. The summed E-state index contributed by atoms with van der Waals surface area (Å²) in [7, 11) is 0. The first-order valence-electron chi connectivity index (χ1n) is 7.79. The quantitative estimate of drug-likeness (QED) is 0.911. The van der Waals surface area contributed by atoms with Crippen molar-refractivity contribution in [1.82, 2.24) is 15.2 Å². The minimum absolute atomic E-state index is 0.0254. The van der Waals surface area contributed by atoms with E-state index in [2.05, 4.69) is 39.5 Å². The van der Waals surface area contributed by atoms with Crippen LogP contribution in [0.4, 0.5) is 0 Å². The number of amides is 1. The van der Waals surface area contributed by atoms with E-state index in [1.807, 2.05) is 18.4 Å². The number of ether oxygens (including phenoxy) is 1. The van der Waals surface area contributed by atoms with Crippen LogP contribution in [-0.2, 0) is 11.3 Å². The normalized spacial score (nSPS) is 18.7. The van der Waals surface area contributed by atoms with Crippen molar-refractivity contribution >= 4 is 17.2 Å². The summed E-state index contributed by atoms with van der Waals surface area (Å²) in [6.07, 6.45) is 0.0254. The summed E-state index contributed by atoms with van der Waals surface area (Å²) < 4.78 is 5.76. The molecule has 1 aromatic carbocycles. The van der Waals surface area contributed by atoms with Crippen LogP contribution in [0, 0.1) is 6.92 Å². The fourth-order valence-electron chi connectivity index (χ4n) is 2.63. The molecule has 0 radical (unpaired) electrons. The molecule has 6 heteroatoms. The zero-order valence-electron chi connectivity index (χ0n) is 13.2. The largest absolute Gasteiger partial charge is 0.374 e. The molecule has 0 spiro atoms. The van der Waals surface area contributed by atoms with Crippen LogP contribution in [0.25, 0.3) is 0 Å². The van der Waals surface area contributed by atoms with Crippen LogP contribution in [0.1, 0.15) is 21.1 Å². The van der Waals surface area contributed by atoms with E-state index >= 15 is 0 Å². The second-order valence-corrected chi connectivity index (χ2v) is 6.58. The van der Waals surface area contributed by atoms with Gasteiger partial charge < -0.3 is 10.1 Å². The Bertz CT molecular complexity index is 644. The molecule has 1 aliphatic heterocycles. The third kappa shape index (κ3) is 4.60. The number of rotatable bonds is 5. The maximum absolute atomic E-state index is 12.0. The van der Waals surface area contributed by atoms with Crippen LogP contribution in [0.15, 0.2) is 35.7 Å². The first-order valence-corrected chi connectivity index (χ1v) is 8.67. The molecule has 1 atom stereocenters. The molecule has 1 aliphatic rings. The van der Waals surface area contributed by atoms with E-state index in [0.717, 1.165) is 25.3 Å². The predicted octanol–water partition coefficient (Wildman–Crippen LogP) is 2.08. The lowest BCUT2D eigenvalue weighted by Crippen LogP contribution is -2.47. The van der Waals surface area contributed by atoms with Gasteiger partial charge in [0.2, 0.25) is 0 Å². The number of aryl methyl sites for hydroxylation is 1. The SMILES string of the molecule is Cc1csc(C(=O)NC[C@H]2CN(Cc3ccccc3)CCO2)n1. The molecule has 0 bridgehead atoms. The molecular formula is C17H21N3O2S. The van der Waals surface area contributed by atoms with Crippen LogP contribution in [-0.4, -0.2) is 48.1 Å². The monoisotopic (exact) mass is 331 g/mol. The molecule has 0 aliphatic carbocycles. The van der Waals surface area contributed by atoms with E-state index in [1.54, 1.807) is 0 Å². The summed E-state index contributed by atoms with van der Waals surface area (Å²) in [5.41, 5.74) is 2.18. The van der Waals surface area contributed by atoms with Crippen LogP contribution in [0.5, 0.6) is 0 Å². The van der Waals surface area contributed by atoms with E-state index < -0.39 is 0 Å². The van der Waals surface area contributed by atoms with Crippen molar-refractivity contribution in [3.63, 3.8) is 0 Å². The van der Waals surface area contributed by atoms with Crippen molar-refractivity contribution in [2.75, 3.05) is 26.2 Å². The molecule has 122 valence electrons. The van der Waals surface area contributed by atoms with E-state index in [1.165, 1.54) is 16.9 Å². The van der Waals surface area contributed by atoms with E-state index in [4.69, 9.17) is 4.74 Å². The van der Waals surface area contributed by atoms with E-state index in [0.29, 0.717) is 18.2 Å². The molecule has 1 aromatic heterocycles. The molecule has 1 fully saturated rings. The molecule has 1 amide bonds. The smallest absolute Gasteiger partial charge is 0.280 e. The standard InChI is InChI=1S/C17H21N3O2S/c1-13-12-23-17(19-13)16(21)18-9-15-11-20(7-8-22-15)10-14-5-3-2-4-6-14/h2-6,12,15H,7-11H2,1H3,(H,18,21)/t15-/m0/s1. The summed E-state index contributed by atoms with van der Waals surface area (Å²) in [5, 5.41) is 5.32. The molecule has 1 N–H and O–H groups in total. The minimum atomic E-state index is -0.119. The van der Waals surface area contributed by atoms with Gasteiger partial charge in [0.05, 0.1) is 12.7 Å². The topological polar surface area (TPSA) is 54.5 Å². The highest BCUT2D eigenvalue weighted by atomic mass is 32.1. The Balaban J connectivity index is 1.48. The van der Waals surface area contributed by atoms with Gasteiger partial charge in [0.25, 0.3) is 5.91 Å². The van der Waals surface area contributed by atoms with Crippen molar-refractivity contribution in [3.8, 4) is 0 Å². The molecule has 3 rings (SSSR count). The van der Waals surface area contributed by atoms with Gasteiger partial charge in [0.15, 0.2) is 5.01 Å². The maximum Gasteiger partial charge on any atom is 0.280 e. The molecule has 1 saturated heterocycles. The molecule has 5 nitrogen and oxygen atoms in total. The number of aromatic nitrogens is 1. The average molecular weight is 331 g/mol. The first-order chi connectivity index (χ1) is 11.2. The first kappa shape index (κ1) is 16.1. The van der Waals surface area contributed by atoms with Gasteiger partial charge in [-0.1, -0.05) is 30.3 Å². The van der Waals surface area contributed by atoms with Gasteiger partial charge in [0, 0.05) is 37.3 Å². The van der Waals surface area contributed by atoms with Gasteiger partial charge in [-0.05, 0) is 12.5 Å². The van der Waals surface area contributed by atoms with Crippen molar-refractivity contribution in [1.29, 1.82) is 0 Å². The summed E-state index contributed by atoms with van der Waals surface area (Å²) >= 11 is 1.37. The fraction of sp³-hybridized carbons (Fsp3) is 0.412. The van der Waals surface area contributed by atoms with Gasteiger partial charge in [0.1, 0.15) is 0 Å². The van der Waals surface area contributed by atoms with Crippen molar-refractivity contribution in [2.24, 2.45) is 0 Å². The molecule has 23 heavy (non-hydrogen) atoms. The van der Waals surface area contributed by atoms with Crippen LogP contribution < -0.4 is 5.32 Å². The second kappa shape index (κ2) is 7.68. The molecular weight excluding hydrogens is 310 g/mol. The van der Waals surface area contributed by atoms with Crippen molar-refractivity contribution < 1.29 is 9.53 Å². The van der Waals surface area contributed by atoms with Gasteiger partial charge in [-0.3, -0.25) is 9.69 Å². The van der Waals surface area contributed by atoms with Gasteiger partial charge in [-0.2, -0.15) is 0 Å². The number of hydrogen-bond donors (Lipinski definition) is 1. The fourth-order valence-corrected chi connectivity index (χ4v) is 3.34. The Labute approximate surface area is 140 Å². The van der Waals surface area contributed by atoms with Gasteiger partial charge >= 0.3 is 0 Å². The third-order valence-corrected chi connectivity index (χ3v) is 4.73. The summed E-state index contributed by atoms with van der Waals surface area (Å²) in [6, 6.07) is 10.4. The summed E-state index contributed by atoms with van der Waals surface area (Å²) in [6.45, 7) is 5.77. The number of thiazole rings is 1. The summed E-state index contributed by atoms with van der Waals surface area (Å²) in [4.78, 5) is 18.6. The highest BCUT2D eigenvalue weighted by molar-refractivity contribution is 7.11. The maximum atomic E-state index is 12.0. The lowest BCUT2D eigenvalue weighted by atomic mass is 10.2. The van der Waals surface area contributed by atoms with Gasteiger partial charge in [-0.25, -0.2) is 4.98 Å². The van der Waals surface area contributed by atoms with E-state index in [9.17, 15) is 4.79 Å². The number of hydrogen-bond acceptors (Lipinski definition) is 5. The number of nitrogens with zero attached hydrogens (tertiary/aromatic N) is 2. The molecule has 2 heterocycles. The molecule has 2 aromatic rings. The minimum Gasteiger partial charge on any atom is -0.374 e. The number of carbonyl (C=O) groups is 1.